The van der Waals surface area contributed by atoms with Crippen LogP contribution in [-0.4, -0.2) is 6.54 Å². The highest BCUT2D eigenvalue weighted by molar-refractivity contribution is 9.10. The molecule has 4 heteroatoms. The Morgan fingerprint density at radius 3 is 2.82 bits per heavy atom. The van der Waals surface area contributed by atoms with E-state index < -0.39 is 0 Å². The van der Waals surface area contributed by atoms with Gasteiger partial charge in [-0.15, -0.1) is 11.3 Å². The Hall–Kier alpha value is -0.840. The van der Waals surface area contributed by atoms with Gasteiger partial charge >= 0.3 is 0 Å². The maximum Gasteiger partial charge on any atom is 0.0731 e. The van der Waals surface area contributed by atoms with E-state index in [1.54, 1.807) is 11.3 Å². The molecule has 1 atom stereocenters. The lowest BCUT2D eigenvalue weighted by Crippen LogP contribution is -2.20. The molecule has 0 radical (unpaired) electrons. The number of anilines is 1. The quantitative estimate of drug-likeness (QED) is 0.898. The highest BCUT2D eigenvalue weighted by atomic mass is 79.9. The number of rotatable bonds is 4. The van der Waals surface area contributed by atoms with Crippen molar-refractivity contribution in [2.75, 3.05) is 11.9 Å². The number of thiophene rings is 1. The molecule has 2 rings (SSSR count). The Kier molecular flexibility index (Phi) is 4.20. The van der Waals surface area contributed by atoms with E-state index in [2.05, 4.69) is 51.7 Å². The molecule has 0 spiro atoms. The standard InChI is InChI=1S/C13H15BrN2S/c1-9-5-6-17-13(9)12(8-15)16-11-4-2-3-10(14)7-11/h2-7,12,16H,8,15H2,1H3. The highest BCUT2D eigenvalue weighted by Gasteiger charge is 2.13. The first-order valence-electron chi connectivity index (χ1n) is 5.47. The van der Waals surface area contributed by atoms with Crippen molar-refractivity contribution in [3.05, 3.63) is 50.6 Å². The average Bonchev–Trinajstić information content (AvgIpc) is 2.72. The van der Waals surface area contributed by atoms with E-state index in [4.69, 9.17) is 5.73 Å². The zero-order chi connectivity index (χ0) is 12.3. The molecule has 0 saturated carbocycles. The van der Waals surface area contributed by atoms with Crippen molar-refractivity contribution < 1.29 is 0 Å². The zero-order valence-corrected chi connectivity index (χ0v) is 12.0. The topological polar surface area (TPSA) is 38.0 Å². The minimum absolute atomic E-state index is 0.185. The fourth-order valence-corrected chi connectivity index (χ4v) is 3.14. The summed E-state index contributed by atoms with van der Waals surface area (Å²) in [6, 6.07) is 10.5. The fourth-order valence-electron chi connectivity index (χ4n) is 1.75. The van der Waals surface area contributed by atoms with E-state index in [1.165, 1.54) is 10.4 Å². The summed E-state index contributed by atoms with van der Waals surface area (Å²) in [6.45, 7) is 2.71. The summed E-state index contributed by atoms with van der Waals surface area (Å²) in [7, 11) is 0. The van der Waals surface area contributed by atoms with Crippen LogP contribution in [0.1, 0.15) is 16.5 Å². The van der Waals surface area contributed by atoms with Gasteiger partial charge in [0, 0.05) is 21.6 Å². The maximum atomic E-state index is 5.85. The number of nitrogens with two attached hydrogens (primary N) is 1. The molecule has 0 amide bonds. The molecular weight excluding hydrogens is 296 g/mol. The smallest absolute Gasteiger partial charge is 0.0731 e. The number of benzene rings is 1. The molecule has 90 valence electrons. The summed E-state index contributed by atoms with van der Waals surface area (Å²) in [4.78, 5) is 1.31. The Labute approximate surface area is 114 Å². The van der Waals surface area contributed by atoms with Crippen LogP contribution in [0.3, 0.4) is 0 Å². The van der Waals surface area contributed by atoms with Gasteiger partial charge in [-0.3, -0.25) is 0 Å². The van der Waals surface area contributed by atoms with Gasteiger partial charge in [0.1, 0.15) is 0 Å². The molecule has 0 bridgehead atoms. The molecular formula is C13H15BrN2S. The summed E-state index contributed by atoms with van der Waals surface area (Å²) < 4.78 is 1.07. The van der Waals surface area contributed by atoms with Crippen LogP contribution in [0, 0.1) is 6.92 Å². The van der Waals surface area contributed by atoms with Crippen LogP contribution in [0.2, 0.25) is 0 Å². The van der Waals surface area contributed by atoms with Crippen LogP contribution >= 0.6 is 27.3 Å². The van der Waals surface area contributed by atoms with Gasteiger partial charge in [-0.1, -0.05) is 22.0 Å². The van der Waals surface area contributed by atoms with Crippen LogP contribution in [0.4, 0.5) is 5.69 Å². The van der Waals surface area contributed by atoms with Crippen molar-refractivity contribution in [1.29, 1.82) is 0 Å². The second-order valence-corrected chi connectivity index (χ2v) is 5.77. The first-order chi connectivity index (χ1) is 8.20. The van der Waals surface area contributed by atoms with Crippen LogP contribution in [0.25, 0.3) is 0 Å². The van der Waals surface area contributed by atoms with Crippen LogP contribution in [0.15, 0.2) is 40.2 Å². The lowest BCUT2D eigenvalue weighted by Gasteiger charge is -2.18. The second-order valence-electron chi connectivity index (χ2n) is 3.91. The minimum Gasteiger partial charge on any atom is -0.376 e. The molecule has 2 nitrogen and oxygen atoms in total. The van der Waals surface area contributed by atoms with Gasteiger partial charge in [0.25, 0.3) is 0 Å². The zero-order valence-electron chi connectivity index (χ0n) is 9.61. The Morgan fingerprint density at radius 1 is 1.41 bits per heavy atom. The molecule has 0 aliphatic heterocycles. The Bertz CT molecular complexity index is 496. The van der Waals surface area contributed by atoms with E-state index in [-0.39, 0.29) is 6.04 Å². The third kappa shape index (κ3) is 3.09. The molecule has 1 unspecified atom stereocenters. The normalized spacial score (nSPS) is 12.4. The summed E-state index contributed by atoms with van der Waals surface area (Å²) in [6.07, 6.45) is 0. The van der Waals surface area contributed by atoms with Gasteiger partial charge in [-0.2, -0.15) is 0 Å². The molecule has 1 aromatic heterocycles. The van der Waals surface area contributed by atoms with Gasteiger partial charge in [0.15, 0.2) is 0 Å². The molecule has 1 aromatic carbocycles. The van der Waals surface area contributed by atoms with Gasteiger partial charge in [0.05, 0.1) is 6.04 Å². The lowest BCUT2D eigenvalue weighted by atomic mass is 10.1. The van der Waals surface area contributed by atoms with E-state index in [1.807, 2.05) is 12.1 Å². The number of nitrogens with one attached hydrogen (secondary N) is 1. The SMILES string of the molecule is Cc1ccsc1C(CN)Nc1cccc(Br)c1. The van der Waals surface area contributed by atoms with Gasteiger partial charge in [-0.05, 0) is 42.1 Å². The van der Waals surface area contributed by atoms with Crippen molar-refractivity contribution in [3.8, 4) is 0 Å². The van der Waals surface area contributed by atoms with Crippen molar-refractivity contribution in [2.24, 2.45) is 5.73 Å². The van der Waals surface area contributed by atoms with Crippen molar-refractivity contribution in [1.82, 2.24) is 0 Å². The molecule has 0 aliphatic rings. The average molecular weight is 311 g/mol. The molecule has 17 heavy (non-hydrogen) atoms. The Morgan fingerprint density at radius 2 is 2.24 bits per heavy atom. The molecule has 1 heterocycles. The number of hydrogen-bond donors (Lipinski definition) is 2. The molecule has 0 fully saturated rings. The predicted octanol–water partition coefficient (Wildman–Crippen LogP) is 3.93. The second kappa shape index (κ2) is 5.67. The van der Waals surface area contributed by atoms with E-state index in [0.717, 1.165) is 10.2 Å². The summed E-state index contributed by atoms with van der Waals surface area (Å²) >= 11 is 5.22. The van der Waals surface area contributed by atoms with E-state index in [0.29, 0.717) is 6.54 Å². The van der Waals surface area contributed by atoms with Gasteiger partial charge in [-0.25, -0.2) is 0 Å². The van der Waals surface area contributed by atoms with Gasteiger partial charge < -0.3 is 11.1 Å². The first-order valence-corrected chi connectivity index (χ1v) is 7.14. The third-order valence-electron chi connectivity index (χ3n) is 2.62. The lowest BCUT2D eigenvalue weighted by molar-refractivity contribution is 0.800. The largest absolute Gasteiger partial charge is 0.376 e. The summed E-state index contributed by atoms with van der Waals surface area (Å²) in [5.41, 5.74) is 8.24. The van der Waals surface area contributed by atoms with Crippen LogP contribution in [-0.2, 0) is 0 Å². The number of aryl methyl sites for hydroxylation is 1. The first kappa shape index (κ1) is 12.6. The number of hydrogen-bond acceptors (Lipinski definition) is 3. The Balaban J connectivity index is 2.19. The highest BCUT2D eigenvalue weighted by Crippen LogP contribution is 2.27. The summed E-state index contributed by atoms with van der Waals surface area (Å²) in [5, 5.41) is 5.58. The number of halogens is 1. The van der Waals surface area contributed by atoms with E-state index >= 15 is 0 Å². The fraction of sp³-hybridized carbons (Fsp3) is 0.231. The minimum atomic E-state index is 0.185. The van der Waals surface area contributed by atoms with E-state index in [9.17, 15) is 0 Å². The van der Waals surface area contributed by atoms with Crippen molar-refractivity contribution in [2.45, 2.75) is 13.0 Å². The van der Waals surface area contributed by atoms with Crippen LogP contribution in [0.5, 0.6) is 0 Å². The monoisotopic (exact) mass is 310 g/mol. The summed E-state index contributed by atoms with van der Waals surface area (Å²) in [5.74, 6) is 0. The van der Waals surface area contributed by atoms with Crippen LogP contribution < -0.4 is 11.1 Å². The van der Waals surface area contributed by atoms with Gasteiger partial charge in [0.2, 0.25) is 0 Å². The molecule has 0 saturated heterocycles. The predicted molar refractivity (Wildman–Crippen MR) is 78.6 cm³/mol. The molecule has 0 aliphatic carbocycles. The van der Waals surface area contributed by atoms with Crippen molar-refractivity contribution in [3.63, 3.8) is 0 Å². The molecule has 2 aromatic rings. The van der Waals surface area contributed by atoms with Crippen molar-refractivity contribution >= 4 is 33.0 Å². The molecule has 3 N–H and O–H groups in total. The third-order valence-corrected chi connectivity index (χ3v) is 4.25. The maximum absolute atomic E-state index is 5.85.